The normalized spacial score (nSPS) is 10.9. The van der Waals surface area contributed by atoms with Crippen molar-refractivity contribution in [2.45, 2.75) is 13.3 Å². The van der Waals surface area contributed by atoms with Gasteiger partial charge in [-0.25, -0.2) is 9.98 Å². The minimum Gasteiger partial charge on any atom is -0.399 e. The van der Waals surface area contributed by atoms with Crippen molar-refractivity contribution in [2.24, 2.45) is 4.99 Å². The molecule has 0 saturated heterocycles. The largest absolute Gasteiger partial charge is 0.399 e. The number of aromatic nitrogens is 1. The van der Waals surface area contributed by atoms with Gasteiger partial charge in [-0.3, -0.25) is 0 Å². The molecule has 0 saturated carbocycles. The van der Waals surface area contributed by atoms with Gasteiger partial charge in [-0.15, -0.1) is 0 Å². The van der Waals surface area contributed by atoms with Gasteiger partial charge in [0.15, 0.2) is 5.82 Å². The van der Waals surface area contributed by atoms with Crippen LogP contribution < -0.4 is 5.73 Å². The van der Waals surface area contributed by atoms with Crippen molar-refractivity contribution in [3.63, 3.8) is 0 Å². The molecule has 0 unspecified atom stereocenters. The molecule has 0 fully saturated rings. The fourth-order valence-electron chi connectivity index (χ4n) is 1.95. The predicted octanol–water partition coefficient (Wildman–Crippen LogP) is 2.78. The quantitative estimate of drug-likeness (QED) is 0.527. The van der Waals surface area contributed by atoms with Gasteiger partial charge in [-0.2, -0.15) is 0 Å². The van der Waals surface area contributed by atoms with Crippen molar-refractivity contribution in [3.8, 4) is 0 Å². The summed E-state index contributed by atoms with van der Waals surface area (Å²) in [7, 11) is 3.87. The zero-order chi connectivity index (χ0) is 14.5. The maximum Gasteiger partial charge on any atom is 0.153 e. The van der Waals surface area contributed by atoms with Gasteiger partial charge in [-0.1, -0.05) is 6.07 Å². The van der Waals surface area contributed by atoms with Gasteiger partial charge in [0.25, 0.3) is 0 Å². The molecule has 1 aromatic carbocycles. The molecule has 0 atom stereocenters. The van der Waals surface area contributed by atoms with Crippen LogP contribution in [0.4, 0.5) is 11.5 Å². The molecule has 2 rings (SSSR count). The topological polar surface area (TPSA) is 54.5 Å². The fourth-order valence-corrected chi connectivity index (χ4v) is 1.95. The second-order valence-electron chi connectivity index (χ2n) is 5.09. The SMILES string of the molecule is Cc1cc(N)ccc1Cc1ccnc(N=CN(C)C)c1. The number of benzene rings is 1. The smallest absolute Gasteiger partial charge is 0.153 e. The van der Waals surface area contributed by atoms with Crippen LogP contribution in [-0.4, -0.2) is 30.3 Å². The predicted molar refractivity (Wildman–Crippen MR) is 84.5 cm³/mol. The third kappa shape index (κ3) is 3.82. The Morgan fingerprint density at radius 3 is 2.75 bits per heavy atom. The molecule has 0 radical (unpaired) electrons. The number of nitrogen functional groups attached to an aromatic ring is 1. The number of aryl methyl sites for hydroxylation is 1. The summed E-state index contributed by atoms with van der Waals surface area (Å²) in [5, 5.41) is 0. The summed E-state index contributed by atoms with van der Waals surface area (Å²) in [6, 6.07) is 10.0. The minimum absolute atomic E-state index is 0.726. The summed E-state index contributed by atoms with van der Waals surface area (Å²) in [5.41, 5.74) is 10.3. The number of nitrogens with zero attached hydrogens (tertiary/aromatic N) is 3. The lowest BCUT2D eigenvalue weighted by Crippen LogP contribution is -2.07. The molecule has 2 aromatic rings. The van der Waals surface area contributed by atoms with E-state index >= 15 is 0 Å². The highest BCUT2D eigenvalue weighted by molar-refractivity contribution is 5.59. The van der Waals surface area contributed by atoms with Crippen LogP contribution in [0.1, 0.15) is 16.7 Å². The third-order valence-electron chi connectivity index (χ3n) is 2.99. The Balaban J connectivity index is 2.19. The van der Waals surface area contributed by atoms with E-state index in [0.717, 1.165) is 17.9 Å². The number of anilines is 1. The van der Waals surface area contributed by atoms with E-state index in [-0.39, 0.29) is 0 Å². The number of nitrogens with two attached hydrogens (primary N) is 1. The molecule has 0 bridgehead atoms. The van der Waals surface area contributed by atoms with Crippen LogP contribution in [0.2, 0.25) is 0 Å². The first-order valence-electron chi connectivity index (χ1n) is 6.55. The van der Waals surface area contributed by atoms with Gasteiger partial charge in [0.2, 0.25) is 0 Å². The molecule has 104 valence electrons. The third-order valence-corrected chi connectivity index (χ3v) is 2.99. The van der Waals surface area contributed by atoms with E-state index in [2.05, 4.69) is 23.0 Å². The molecule has 4 nitrogen and oxygen atoms in total. The lowest BCUT2D eigenvalue weighted by Gasteiger charge is -2.07. The Morgan fingerprint density at radius 2 is 2.05 bits per heavy atom. The van der Waals surface area contributed by atoms with Crippen LogP contribution >= 0.6 is 0 Å². The van der Waals surface area contributed by atoms with E-state index in [4.69, 9.17) is 5.73 Å². The van der Waals surface area contributed by atoms with Crippen molar-refractivity contribution in [1.82, 2.24) is 9.88 Å². The van der Waals surface area contributed by atoms with Gasteiger partial charge in [0, 0.05) is 26.0 Å². The molecule has 0 aliphatic rings. The maximum absolute atomic E-state index is 5.78. The van der Waals surface area contributed by atoms with E-state index in [9.17, 15) is 0 Å². The van der Waals surface area contributed by atoms with Gasteiger partial charge in [0.05, 0.1) is 6.34 Å². The van der Waals surface area contributed by atoms with E-state index in [1.807, 2.05) is 43.3 Å². The van der Waals surface area contributed by atoms with Crippen molar-refractivity contribution in [2.75, 3.05) is 19.8 Å². The van der Waals surface area contributed by atoms with Gasteiger partial charge < -0.3 is 10.6 Å². The fraction of sp³-hybridized carbons (Fsp3) is 0.250. The number of hydrogen-bond acceptors (Lipinski definition) is 3. The molecule has 0 amide bonds. The van der Waals surface area contributed by atoms with Crippen molar-refractivity contribution >= 4 is 17.8 Å². The lowest BCUT2D eigenvalue weighted by molar-refractivity contribution is 0.643. The summed E-state index contributed by atoms with van der Waals surface area (Å²) in [6.07, 6.45) is 4.41. The molecule has 0 spiro atoms. The van der Waals surface area contributed by atoms with Crippen molar-refractivity contribution in [3.05, 3.63) is 53.2 Å². The molecular formula is C16H20N4. The molecule has 0 aliphatic heterocycles. The summed E-state index contributed by atoms with van der Waals surface area (Å²) in [4.78, 5) is 10.4. The van der Waals surface area contributed by atoms with E-state index in [0.29, 0.717) is 0 Å². The molecule has 1 heterocycles. The summed E-state index contributed by atoms with van der Waals surface area (Å²) in [6.45, 7) is 2.08. The standard InChI is InChI=1S/C16H20N4/c1-12-8-15(17)5-4-14(12)9-13-6-7-18-16(10-13)19-11-20(2)3/h4-8,10-11H,9,17H2,1-3H3. The van der Waals surface area contributed by atoms with Gasteiger partial charge >= 0.3 is 0 Å². The first-order valence-corrected chi connectivity index (χ1v) is 6.55. The average Bonchev–Trinajstić information content (AvgIpc) is 2.40. The zero-order valence-electron chi connectivity index (χ0n) is 12.2. The average molecular weight is 268 g/mol. The van der Waals surface area contributed by atoms with Crippen LogP contribution in [-0.2, 0) is 6.42 Å². The highest BCUT2D eigenvalue weighted by Gasteiger charge is 2.02. The number of aliphatic imine (C=N–C) groups is 1. The van der Waals surface area contributed by atoms with Crippen LogP contribution in [0, 0.1) is 6.92 Å². The first-order chi connectivity index (χ1) is 9.54. The van der Waals surface area contributed by atoms with Crippen LogP contribution in [0.5, 0.6) is 0 Å². The van der Waals surface area contributed by atoms with Crippen molar-refractivity contribution < 1.29 is 0 Å². The molecular weight excluding hydrogens is 248 g/mol. The zero-order valence-corrected chi connectivity index (χ0v) is 12.2. The Kier molecular flexibility index (Phi) is 4.35. The summed E-state index contributed by atoms with van der Waals surface area (Å²) in [5.74, 6) is 0.726. The number of rotatable bonds is 4. The van der Waals surface area contributed by atoms with E-state index in [1.54, 1.807) is 12.5 Å². The Morgan fingerprint density at radius 1 is 1.25 bits per heavy atom. The van der Waals surface area contributed by atoms with Crippen LogP contribution in [0.25, 0.3) is 0 Å². The Hall–Kier alpha value is -2.36. The highest BCUT2D eigenvalue weighted by atomic mass is 15.1. The van der Waals surface area contributed by atoms with Crippen molar-refractivity contribution in [1.29, 1.82) is 0 Å². The number of hydrogen-bond donors (Lipinski definition) is 1. The Labute approximate surface area is 120 Å². The molecule has 2 N–H and O–H groups in total. The van der Waals surface area contributed by atoms with E-state index < -0.39 is 0 Å². The van der Waals surface area contributed by atoms with Gasteiger partial charge in [0.1, 0.15) is 0 Å². The molecule has 20 heavy (non-hydrogen) atoms. The Bertz CT molecular complexity index is 618. The minimum atomic E-state index is 0.726. The first kappa shape index (κ1) is 14.1. The number of pyridine rings is 1. The monoisotopic (exact) mass is 268 g/mol. The van der Waals surface area contributed by atoms with Crippen LogP contribution in [0.15, 0.2) is 41.5 Å². The van der Waals surface area contributed by atoms with Crippen LogP contribution in [0.3, 0.4) is 0 Å². The lowest BCUT2D eigenvalue weighted by atomic mass is 10.0. The van der Waals surface area contributed by atoms with Gasteiger partial charge in [-0.05, 0) is 54.3 Å². The summed E-state index contributed by atoms with van der Waals surface area (Å²) >= 11 is 0. The highest BCUT2D eigenvalue weighted by Crippen LogP contribution is 2.18. The second-order valence-corrected chi connectivity index (χ2v) is 5.09. The molecule has 4 heteroatoms. The molecule has 1 aromatic heterocycles. The second kappa shape index (κ2) is 6.19. The maximum atomic E-state index is 5.78. The van der Waals surface area contributed by atoms with E-state index in [1.165, 1.54) is 16.7 Å². The summed E-state index contributed by atoms with van der Waals surface area (Å²) < 4.78 is 0. The molecule has 0 aliphatic carbocycles.